The van der Waals surface area contributed by atoms with Crippen LogP contribution in [0.4, 0.5) is 5.82 Å². The molecule has 3 N–H and O–H groups in total. The van der Waals surface area contributed by atoms with Gasteiger partial charge in [0.15, 0.2) is 5.82 Å². The molecule has 1 aliphatic carbocycles. The van der Waals surface area contributed by atoms with Gasteiger partial charge in [0.1, 0.15) is 0 Å². The number of rotatable bonds is 4. The first-order valence-electron chi connectivity index (χ1n) is 7.32. The van der Waals surface area contributed by atoms with E-state index < -0.39 is 11.4 Å². The number of carbonyl (C=O) groups is 2. The van der Waals surface area contributed by atoms with Crippen molar-refractivity contribution in [3.05, 3.63) is 11.8 Å². The van der Waals surface area contributed by atoms with Crippen molar-refractivity contribution in [2.24, 2.45) is 5.41 Å². The van der Waals surface area contributed by atoms with Gasteiger partial charge in [-0.15, -0.1) is 0 Å². The normalized spacial score (nSPS) is 17.7. The first kappa shape index (κ1) is 15.5. The van der Waals surface area contributed by atoms with Crippen LogP contribution in [0.5, 0.6) is 0 Å². The average molecular weight is 293 g/mol. The van der Waals surface area contributed by atoms with Crippen molar-refractivity contribution in [3.8, 4) is 0 Å². The van der Waals surface area contributed by atoms with Crippen LogP contribution in [0.15, 0.2) is 6.07 Å². The molecular formula is C15H23N3O3. The Kier molecular flexibility index (Phi) is 4.07. The lowest BCUT2D eigenvalue weighted by atomic mass is 9.82. The van der Waals surface area contributed by atoms with Gasteiger partial charge in [-0.25, -0.2) is 0 Å². The van der Waals surface area contributed by atoms with Crippen LogP contribution in [0.3, 0.4) is 0 Å². The predicted octanol–water partition coefficient (Wildman–Crippen LogP) is 2.68. The molecular weight excluding hydrogens is 270 g/mol. The van der Waals surface area contributed by atoms with Gasteiger partial charge in [0.05, 0.1) is 5.41 Å². The molecule has 0 atom stereocenters. The first-order chi connectivity index (χ1) is 9.73. The predicted molar refractivity (Wildman–Crippen MR) is 79.1 cm³/mol. The van der Waals surface area contributed by atoms with Gasteiger partial charge < -0.3 is 10.4 Å². The molecule has 0 radical (unpaired) electrons. The topological polar surface area (TPSA) is 95.1 Å². The van der Waals surface area contributed by atoms with Crippen molar-refractivity contribution in [2.75, 3.05) is 5.32 Å². The highest BCUT2D eigenvalue weighted by Crippen LogP contribution is 2.41. The van der Waals surface area contributed by atoms with Crippen molar-refractivity contribution >= 4 is 17.7 Å². The fourth-order valence-corrected chi connectivity index (χ4v) is 2.78. The van der Waals surface area contributed by atoms with Gasteiger partial charge >= 0.3 is 5.97 Å². The number of amides is 1. The summed E-state index contributed by atoms with van der Waals surface area (Å²) >= 11 is 0. The van der Waals surface area contributed by atoms with Gasteiger partial charge in [0.2, 0.25) is 5.91 Å². The SMILES string of the molecule is CC(C)(C)c1cc(NC(=O)CC2(C(=O)O)CCCC2)n[nH]1. The Hall–Kier alpha value is -1.85. The highest BCUT2D eigenvalue weighted by Gasteiger charge is 2.43. The second-order valence-electron chi connectivity index (χ2n) is 6.93. The summed E-state index contributed by atoms with van der Waals surface area (Å²) in [6, 6.07) is 1.79. The maximum atomic E-state index is 12.1. The van der Waals surface area contributed by atoms with E-state index in [2.05, 4.69) is 15.5 Å². The molecule has 116 valence electrons. The highest BCUT2D eigenvalue weighted by atomic mass is 16.4. The molecule has 21 heavy (non-hydrogen) atoms. The number of nitrogens with zero attached hydrogens (tertiary/aromatic N) is 1. The Labute approximate surface area is 124 Å². The summed E-state index contributed by atoms with van der Waals surface area (Å²) in [6.07, 6.45) is 2.90. The standard InChI is InChI=1S/C15H23N3O3/c1-14(2,3)10-8-11(18-17-10)16-12(19)9-15(13(20)21)6-4-5-7-15/h8H,4-7,9H2,1-3H3,(H,20,21)(H2,16,17,18,19). The summed E-state index contributed by atoms with van der Waals surface area (Å²) in [5, 5.41) is 19.0. The third kappa shape index (κ3) is 3.43. The molecule has 0 aromatic carbocycles. The summed E-state index contributed by atoms with van der Waals surface area (Å²) in [7, 11) is 0. The minimum absolute atomic E-state index is 0.0139. The zero-order valence-electron chi connectivity index (χ0n) is 12.8. The molecule has 1 heterocycles. The van der Waals surface area contributed by atoms with E-state index in [0.717, 1.165) is 18.5 Å². The van der Waals surface area contributed by atoms with Crippen LogP contribution < -0.4 is 5.32 Å². The molecule has 1 aliphatic rings. The van der Waals surface area contributed by atoms with Crippen LogP contribution in [0, 0.1) is 5.41 Å². The third-order valence-corrected chi connectivity index (χ3v) is 4.17. The zero-order valence-corrected chi connectivity index (χ0v) is 12.8. The molecule has 1 saturated carbocycles. The van der Waals surface area contributed by atoms with Crippen LogP contribution in [0.2, 0.25) is 0 Å². The fraction of sp³-hybridized carbons (Fsp3) is 0.667. The molecule has 1 fully saturated rings. The zero-order chi connectivity index (χ0) is 15.7. The highest BCUT2D eigenvalue weighted by molar-refractivity contribution is 5.93. The number of nitrogens with one attached hydrogen (secondary N) is 2. The van der Waals surface area contributed by atoms with Gasteiger partial charge in [0, 0.05) is 23.6 Å². The molecule has 6 heteroatoms. The third-order valence-electron chi connectivity index (χ3n) is 4.17. The smallest absolute Gasteiger partial charge is 0.310 e. The van der Waals surface area contributed by atoms with Gasteiger partial charge in [-0.2, -0.15) is 5.10 Å². The number of aromatic nitrogens is 2. The van der Waals surface area contributed by atoms with Gasteiger partial charge in [0.25, 0.3) is 0 Å². The van der Waals surface area contributed by atoms with Crippen LogP contribution >= 0.6 is 0 Å². The molecule has 0 bridgehead atoms. The molecule has 1 aromatic rings. The molecule has 0 spiro atoms. The van der Waals surface area contributed by atoms with Crippen molar-refractivity contribution in [3.63, 3.8) is 0 Å². The van der Waals surface area contributed by atoms with Crippen LogP contribution in [0.25, 0.3) is 0 Å². The number of H-pyrrole nitrogens is 1. The maximum absolute atomic E-state index is 12.1. The molecule has 0 unspecified atom stereocenters. The second-order valence-corrected chi connectivity index (χ2v) is 6.93. The van der Waals surface area contributed by atoms with Crippen molar-refractivity contribution in [2.45, 2.75) is 58.3 Å². The number of carboxylic acid groups (broad SMARTS) is 1. The summed E-state index contributed by atoms with van der Waals surface area (Å²) < 4.78 is 0. The number of anilines is 1. The lowest BCUT2D eigenvalue weighted by Gasteiger charge is -2.22. The van der Waals surface area contributed by atoms with Crippen LogP contribution in [-0.2, 0) is 15.0 Å². The van der Waals surface area contributed by atoms with Gasteiger partial charge in [-0.1, -0.05) is 33.6 Å². The lowest BCUT2D eigenvalue weighted by molar-refractivity contribution is -0.150. The monoisotopic (exact) mass is 293 g/mol. The Bertz CT molecular complexity index is 537. The fourth-order valence-electron chi connectivity index (χ4n) is 2.78. The first-order valence-corrected chi connectivity index (χ1v) is 7.32. The summed E-state index contributed by atoms with van der Waals surface area (Å²) in [5.74, 6) is -0.706. The summed E-state index contributed by atoms with van der Waals surface area (Å²) in [5.41, 5.74) is -0.0524. The van der Waals surface area contributed by atoms with Crippen molar-refractivity contribution in [1.82, 2.24) is 10.2 Å². The van der Waals surface area contributed by atoms with Gasteiger partial charge in [-0.05, 0) is 12.8 Å². The number of carboxylic acids is 1. The van der Waals surface area contributed by atoms with E-state index in [0.29, 0.717) is 18.7 Å². The lowest BCUT2D eigenvalue weighted by Crippen LogP contribution is -2.32. The van der Waals surface area contributed by atoms with E-state index in [4.69, 9.17) is 0 Å². The Morgan fingerprint density at radius 3 is 2.48 bits per heavy atom. The van der Waals surface area contributed by atoms with Crippen LogP contribution in [-0.4, -0.2) is 27.2 Å². The van der Waals surface area contributed by atoms with E-state index in [1.54, 1.807) is 6.07 Å². The van der Waals surface area contributed by atoms with Gasteiger partial charge in [-0.3, -0.25) is 14.7 Å². The maximum Gasteiger partial charge on any atom is 0.310 e. The largest absolute Gasteiger partial charge is 0.481 e. The van der Waals surface area contributed by atoms with E-state index in [1.165, 1.54) is 0 Å². The Morgan fingerprint density at radius 1 is 1.38 bits per heavy atom. The number of aromatic amines is 1. The van der Waals surface area contributed by atoms with Crippen molar-refractivity contribution < 1.29 is 14.7 Å². The molecule has 1 amide bonds. The van der Waals surface area contributed by atoms with E-state index in [1.807, 2.05) is 20.8 Å². The minimum Gasteiger partial charge on any atom is -0.481 e. The number of carbonyl (C=O) groups excluding carboxylic acids is 1. The number of hydrogen-bond donors (Lipinski definition) is 3. The minimum atomic E-state index is -0.896. The van der Waals surface area contributed by atoms with Crippen molar-refractivity contribution in [1.29, 1.82) is 0 Å². The summed E-state index contributed by atoms with van der Waals surface area (Å²) in [4.78, 5) is 23.6. The van der Waals surface area contributed by atoms with Crippen LogP contribution in [0.1, 0.15) is 58.6 Å². The summed E-state index contributed by atoms with van der Waals surface area (Å²) in [6.45, 7) is 6.14. The van der Waals surface area contributed by atoms with E-state index in [-0.39, 0.29) is 17.7 Å². The Balaban J connectivity index is 2.01. The average Bonchev–Trinajstić information content (AvgIpc) is 2.97. The van der Waals surface area contributed by atoms with E-state index >= 15 is 0 Å². The number of hydrogen-bond acceptors (Lipinski definition) is 3. The van der Waals surface area contributed by atoms with E-state index in [9.17, 15) is 14.7 Å². The molecule has 0 aliphatic heterocycles. The molecule has 2 rings (SSSR count). The molecule has 1 aromatic heterocycles. The molecule has 6 nitrogen and oxygen atoms in total. The molecule has 0 saturated heterocycles. The quantitative estimate of drug-likeness (QED) is 0.795. The second kappa shape index (κ2) is 5.50. The Morgan fingerprint density at radius 2 is 2.00 bits per heavy atom. The number of aliphatic carboxylic acids is 1.